The van der Waals surface area contributed by atoms with Gasteiger partial charge in [0.1, 0.15) is 5.52 Å². The van der Waals surface area contributed by atoms with Gasteiger partial charge in [-0.05, 0) is 67.1 Å². The maximum atomic E-state index is 12.0. The lowest BCUT2D eigenvalue weighted by molar-refractivity contribution is -0.137. The van der Waals surface area contributed by atoms with E-state index in [4.69, 9.17) is 4.74 Å². The van der Waals surface area contributed by atoms with Crippen molar-refractivity contribution in [3.8, 4) is 0 Å². The Morgan fingerprint density at radius 2 is 1.82 bits per heavy atom. The molecular formula is C31H38N4O3. The van der Waals surface area contributed by atoms with Gasteiger partial charge in [0.2, 0.25) is 0 Å². The van der Waals surface area contributed by atoms with Crippen LogP contribution in [0.3, 0.4) is 0 Å². The second-order valence-electron chi connectivity index (χ2n) is 10.1. The van der Waals surface area contributed by atoms with Gasteiger partial charge < -0.3 is 9.84 Å². The lowest BCUT2D eigenvalue weighted by Gasteiger charge is -2.25. The van der Waals surface area contributed by atoms with Gasteiger partial charge in [-0.25, -0.2) is 4.68 Å². The quantitative estimate of drug-likeness (QED) is 0.250. The lowest BCUT2D eigenvalue weighted by Crippen LogP contribution is -2.27. The van der Waals surface area contributed by atoms with Crippen molar-refractivity contribution in [3.05, 3.63) is 93.5 Å². The fourth-order valence-corrected chi connectivity index (χ4v) is 5.03. The number of aromatic nitrogens is 3. The van der Waals surface area contributed by atoms with Crippen LogP contribution in [0.25, 0.3) is 11.0 Å². The van der Waals surface area contributed by atoms with E-state index < -0.39 is 5.97 Å². The van der Waals surface area contributed by atoms with Crippen molar-refractivity contribution < 1.29 is 14.6 Å². The molecule has 1 unspecified atom stereocenters. The van der Waals surface area contributed by atoms with Crippen LogP contribution in [0.4, 0.5) is 0 Å². The zero-order valence-corrected chi connectivity index (χ0v) is 23.1. The van der Waals surface area contributed by atoms with E-state index >= 15 is 0 Å². The lowest BCUT2D eigenvalue weighted by atomic mass is 9.84. The Kier molecular flexibility index (Phi) is 8.92. The number of hydrogen-bond donors (Lipinski definition) is 1. The summed E-state index contributed by atoms with van der Waals surface area (Å²) < 4.78 is 7.43. The second kappa shape index (κ2) is 12.3. The van der Waals surface area contributed by atoms with Crippen molar-refractivity contribution in [1.29, 1.82) is 0 Å². The number of nitrogens with zero attached hydrogens (tertiary/aromatic N) is 4. The zero-order valence-electron chi connectivity index (χ0n) is 23.1. The molecule has 0 amide bonds. The number of benzene rings is 3. The van der Waals surface area contributed by atoms with E-state index in [2.05, 4.69) is 71.5 Å². The van der Waals surface area contributed by atoms with Crippen LogP contribution < -0.4 is 0 Å². The summed E-state index contributed by atoms with van der Waals surface area (Å²) in [5.41, 5.74) is 9.59. The van der Waals surface area contributed by atoms with E-state index in [9.17, 15) is 9.90 Å². The molecule has 200 valence electrons. The van der Waals surface area contributed by atoms with Gasteiger partial charge >= 0.3 is 5.97 Å². The highest BCUT2D eigenvalue weighted by Crippen LogP contribution is 2.34. The molecule has 4 aromatic rings. The molecule has 1 heterocycles. The van der Waals surface area contributed by atoms with Gasteiger partial charge in [-0.3, -0.25) is 9.69 Å². The van der Waals surface area contributed by atoms with Crippen molar-refractivity contribution in [3.63, 3.8) is 0 Å². The number of fused-ring (bicyclic) bond motifs is 1. The Labute approximate surface area is 225 Å². The normalized spacial score (nSPS) is 12.4. The summed E-state index contributed by atoms with van der Waals surface area (Å²) in [6, 6.07) is 19.0. The summed E-state index contributed by atoms with van der Waals surface area (Å²) in [6.45, 7) is 12.0. The third-order valence-corrected chi connectivity index (χ3v) is 7.29. The van der Waals surface area contributed by atoms with Crippen LogP contribution in [0, 0.1) is 20.8 Å². The molecule has 0 spiro atoms. The number of carboxylic acids is 1. The molecule has 1 aromatic heterocycles. The first kappa shape index (κ1) is 27.5. The highest BCUT2D eigenvalue weighted by molar-refractivity contribution is 5.80. The van der Waals surface area contributed by atoms with Crippen LogP contribution in [0.2, 0.25) is 0 Å². The Morgan fingerprint density at radius 1 is 1.05 bits per heavy atom. The molecule has 0 bridgehead atoms. The van der Waals surface area contributed by atoms with E-state index in [1.54, 1.807) is 4.68 Å². The molecule has 7 heteroatoms. The highest BCUT2D eigenvalue weighted by atomic mass is 16.5. The van der Waals surface area contributed by atoms with E-state index in [1.807, 2.05) is 33.0 Å². The SMILES string of the molecule is CCOCCN(Cc1ccc(C)cc1)Cc1cc(C(CC(=O)O)c2ccc3c(nnn3C)c2C)ccc1C. The molecular weight excluding hydrogens is 476 g/mol. The standard InChI is InChI=1S/C31H38N4O3/c1-6-38-16-15-35(19-24-10-7-21(2)8-11-24)20-26-17-25(12-9-22(26)3)28(18-30(36)37)27-13-14-29-31(23(27)4)32-33-34(29)5/h7-14,17,28H,6,15-16,18-20H2,1-5H3,(H,36,37). The zero-order chi connectivity index (χ0) is 27.2. The van der Waals surface area contributed by atoms with Crippen LogP contribution in [0.5, 0.6) is 0 Å². The monoisotopic (exact) mass is 514 g/mol. The van der Waals surface area contributed by atoms with E-state index in [-0.39, 0.29) is 12.3 Å². The smallest absolute Gasteiger partial charge is 0.304 e. The van der Waals surface area contributed by atoms with Crippen LogP contribution >= 0.6 is 0 Å². The fraction of sp³-hybridized carbons (Fsp3) is 0.387. The molecule has 38 heavy (non-hydrogen) atoms. The van der Waals surface area contributed by atoms with Gasteiger partial charge in [-0.1, -0.05) is 59.3 Å². The van der Waals surface area contributed by atoms with Crippen molar-refractivity contribution >= 4 is 17.0 Å². The topological polar surface area (TPSA) is 80.5 Å². The summed E-state index contributed by atoms with van der Waals surface area (Å²) in [7, 11) is 1.86. The average Bonchev–Trinajstić information content (AvgIpc) is 3.27. The van der Waals surface area contributed by atoms with Gasteiger partial charge in [-0.2, -0.15) is 0 Å². The molecule has 1 atom stereocenters. The summed E-state index contributed by atoms with van der Waals surface area (Å²) >= 11 is 0. The molecule has 0 saturated carbocycles. The second-order valence-corrected chi connectivity index (χ2v) is 10.1. The van der Waals surface area contributed by atoms with Crippen LogP contribution in [0.15, 0.2) is 54.6 Å². The Morgan fingerprint density at radius 3 is 2.53 bits per heavy atom. The number of carboxylic acid groups (broad SMARTS) is 1. The molecule has 0 fully saturated rings. The molecule has 0 radical (unpaired) electrons. The third-order valence-electron chi connectivity index (χ3n) is 7.29. The molecule has 0 saturated heterocycles. The van der Waals surface area contributed by atoms with Gasteiger partial charge in [0.05, 0.1) is 18.5 Å². The van der Waals surface area contributed by atoms with Crippen LogP contribution in [-0.2, 0) is 29.7 Å². The summed E-state index contributed by atoms with van der Waals surface area (Å²) in [6.07, 6.45) is 0.00648. The maximum Gasteiger partial charge on any atom is 0.304 e. The number of ether oxygens (including phenoxy) is 1. The van der Waals surface area contributed by atoms with Crippen LogP contribution in [0.1, 0.15) is 58.2 Å². The number of rotatable bonds is 12. The Hall–Kier alpha value is -3.55. The average molecular weight is 515 g/mol. The largest absolute Gasteiger partial charge is 0.481 e. The Bertz CT molecular complexity index is 1390. The first-order valence-corrected chi connectivity index (χ1v) is 13.2. The highest BCUT2D eigenvalue weighted by Gasteiger charge is 2.23. The fourth-order valence-electron chi connectivity index (χ4n) is 5.03. The Balaban J connectivity index is 1.67. The number of hydrogen-bond acceptors (Lipinski definition) is 5. The summed E-state index contributed by atoms with van der Waals surface area (Å²) in [5, 5.41) is 18.3. The van der Waals surface area contributed by atoms with Crippen molar-refractivity contribution in [2.75, 3.05) is 19.8 Å². The number of carbonyl (C=O) groups is 1. The van der Waals surface area contributed by atoms with E-state index in [0.717, 1.165) is 47.4 Å². The maximum absolute atomic E-state index is 12.0. The minimum atomic E-state index is -0.825. The number of aryl methyl sites for hydroxylation is 4. The summed E-state index contributed by atoms with van der Waals surface area (Å²) in [4.78, 5) is 14.4. The van der Waals surface area contributed by atoms with Gasteiger partial charge in [0, 0.05) is 39.2 Å². The molecule has 1 N–H and O–H groups in total. The predicted molar refractivity (Wildman–Crippen MR) is 150 cm³/mol. The molecule has 0 aliphatic heterocycles. The van der Waals surface area contributed by atoms with Gasteiger partial charge in [0.25, 0.3) is 0 Å². The number of aliphatic carboxylic acids is 1. The minimum absolute atomic E-state index is 0.00648. The van der Waals surface area contributed by atoms with E-state index in [1.165, 1.54) is 22.3 Å². The molecule has 3 aromatic carbocycles. The van der Waals surface area contributed by atoms with E-state index in [0.29, 0.717) is 13.2 Å². The van der Waals surface area contributed by atoms with Crippen molar-refractivity contribution in [1.82, 2.24) is 19.9 Å². The minimum Gasteiger partial charge on any atom is -0.481 e. The van der Waals surface area contributed by atoms with Crippen LogP contribution in [-0.4, -0.2) is 50.7 Å². The van der Waals surface area contributed by atoms with Gasteiger partial charge in [-0.15, -0.1) is 5.10 Å². The van der Waals surface area contributed by atoms with Gasteiger partial charge in [0.15, 0.2) is 0 Å². The molecule has 7 nitrogen and oxygen atoms in total. The van der Waals surface area contributed by atoms with Crippen molar-refractivity contribution in [2.24, 2.45) is 7.05 Å². The first-order chi connectivity index (χ1) is 18.3. The summed E-state index contributed by atoms with van der Waals surface area (Å²) in [5.74, 6) is -1.11. The van der Waals surface area contributed by atoms with Crippen molar-refractivity contribution in [2.45, 2.75) is 53.1 Å². The predicted octanol–water partition coefficient (Wildman–Crippen LogP) is 5.54. The molecule has 4 rings (SSSR count). The first-order valence-electron chi connectivity index (χ1n) is 13.2. The molecule has 0 aliphatic rings. The molecule has 0 aliphatic carbocycles. The third kappa shape index (κ3) is 6.47.